The molecule has 0 aliphatic heterocycles. The summed E-state index contributed by atoms with van der Waals surface area (Å²) in [5.74, 6) is -0.455. The van der Waals surface area contributed by atoms with Gasteiger partial charge in [-0.05, 0) is 74.1 Å². The molecule has 0 heterocycles. The van der Waals surface area contributed by atoms with Crippen molar-refractivity contribution in [1.29, 1.82) is 0 Å². The number of carbonyl (C=O) groups excluding carboxylic acids is 2. The fourth-order valence-electron chi connectivity index (χ4n) is 4.55. The summed E-state index contributed by atoms with van der Waals surface area (Å²) in [4.78, 5) is 29.0. The molecule has 214 valence electrons. The Kier molecular flexibility index (Phi) is 10.5. The highest BCUT2D eigenvalue weighted by atomic mass is 32.2. The average Bonchev–Trinajstić information content (AvgIpc) is 2.92. The van der Waals surface area contributed by atoms with Crippen LogP contribution in [0.1, 0.15) is 63.6 Å². The van der Waals surface area contributed by atoms with E-state index < -0.39 is 28.5 Å². The summed E-state index contributed by atoms with van der Waals surface area (Å²) in [6.07, 6.45) is 0.380. The minimum Gasteiger partial charge on any atom is -0.352 e. The highest BCUT2D eigenvalue weighted by Crippen LogP contribution is 2.27. The van der Waals surface area contributed by atoms with Crippen LogP contribution in [-0.4, -0.2) is 43.8 Å². The number of nitrogens with one attached hydrogen (secondary N) is 1. The van der Waals surface area contributed by atoms with Crippen LogP contribution in [0.15, 0.2) is 83.8 Å². The second kappa shape index (κ2) is 13.6. The molecule has 40 heavy (non-hydrogen) atoms. The Morgan fingerprint density at radius 2 is 1.45 bits per heavy atom. The van der Waals surface area contributed by atoms with Crippen molar-refractivity contribution in [3.8, 4) is 0 Å². The lowest BCUT2D eigenvalue weighted by Crippen LogP contribution is -2.53. The van der Waals surface area contributed by atoms with Gasteiger partial charge in [-0.2, -0.15) is 0 Å². The molecular formula is C32H41N3O4S. The van der Waals surface area contributed by atoms with E-state index >= 15 is 0 Å². The van der Waals surface area contributed by atoms with E-state index in [4.69, 9.17) is 0 Å². The predicted octanol–water partition coefficient (Wildman–Crippen LogP) is 5.65. The Bertz CT molecular complexity index is 1390. The standard InChI is InChI=1S/C32H41N3O4S/c1-7-30(32(37)33-24(4)5)34(21-27-14-12-11-13-25(27)6)31(36)22-35(28-19-17-26(18-20-28)23(2)3)40(38,39)29-15-9-8-10-16-29/h8-20,23-24,30H,7,21-22H2,1-6H3,(H,33,37). The second-order valence-corrected chi connectivity index (χ2v) is 12.5. The lowest BCUT2D eigenvalue weighted by atomic mass is 10.0. The Morgan fingerprint density at radius 1 is 0.850 bits per heavy atom. The van der Waals surface area contributed by atoms with Gasteiger partial charge in [0.2, 0.25) is 11.8 Å². The minimum absolute atomic E-state index is 0.0887. The van der Waals surface area contributed by atoms with Crippen molar-refractivity contribution in [2.24, 2.45) is 0 Å². The lowest BCUT2D eigenvalue weighted by molar-refractivity contribution is -0.140. The number of nitrogens with zero attached hydrogens (tertiary/aromatic N) is 2. The number of hydrogen-bond acceptors (Lipinski definition) is 4. The maximum atomic E-state index is 14.1. The SMILES string of the molecule is CCC(C(=O)NC(C)C)N(Cc1ccccc1C)C(=O)CN(c1ccc(C(C)C)cc1)S(=O)(=O)c1ccccc1. The fourth-order valence-corrected chi connectivity index (χ4v) is 5.98. The van der Waals surface area contributed by atoms with E-state index in [0.29, 0.717) is 12.1 Å². The average molecular weight is 564 g/mol. The molecule has 1 atom stereocenters. The van der Waals surface area contributed by atoms with E-state index in [1.54, 1.807) is 30.3 Å². The van der Waals surface area contributed by atoms with Gasteiger partial charge in [0.1, 0.15) is 12.6 Å². The molecule has 0 saturated carbocycles. The summed E-state index contributed by atoms with van der Waals surface area (Å²) in [5.41, 5.74) is 3.32. The minimum atomic E-state index is -4.08. The molecule has 0 aliphatic carbocycles. The van der Waals surface area contributed by atoms with E-state index in [1.807, 2.05) is 64.1 Å². The van der Waals surface area contributed by atoms with Gasteiger partial charge in [-0.3, -0.25) is 13.9 Å². The largest absolute Gasteiger partial charge is 0.352 e. The summed E-state index contributed by atoms with van der Waals surface area (Å²) in [6.45, 7) is 11.4. The topological polar surface area (TPSA) is 86.8 Å². The van der Waals surface area contributed by atoms with Crippen LogP contribution in [0.25, 0.3) is 0 Å². The first-order valence-electron chi connectivity index (χ1n) is 13.8. The molecule has 3 rings (SSSR count). The molecule has 0 aromatic heterocycles. The van der Waals surface area contributed by atoms with E-state index in [1.165, 1.54) is 17.0 Å². The maximum Gasteiger partial charge on any atom is 0.264 e. The van der Waals surface area contributed by atoms with Crippen molar-refractivity contribution in [1.82, 2.24) is 10.2 Å². The number of hydrogen-bond donors (Lipinski definition) is 1. The van der Waals surface area contributed by atoms with E-state index in [0.717, 1.165) is 21.0 Å². The number of carbonyl (C=O) groups is 2. The summed E-state index contributed by atoms with van der Waals surface area (Å²) in [5, 5.41) is 2.92. The first-order chi connectivity index (χ1) is 18.9. The summed E-state index contributed by atoms with van der Waals surface area (Å²) in [6, 6.07) is 22.1. The highest BCUT2D eigenvalue weighted by molar-refractivity contribution is 7.92. The molecule has 7 nitrogen and oxygen atoms in total. The van der Waals surface area contributed by atoms with Gasteiger partial charge < -0.3 is 10.2 Å². The fraction of sp³-hybridized carbons (Fsp3) is 0.375. The number of rotatable bonds is 12. The zero-order chi connectivity index (χ0) is 29.4. The van der Waals surface area contributed by atoms with Gasteiger partial charge >= 0.3 is 0 Å². The van der Waals surface area contributed by atoms with Gasteiger partial charge in [-0.1, -0.05) is 75.4 Å². The summed E-state index contributed by atoms with van der Waals surface area (Å²) >= 11 is 0. The molecule has 0 aliphatic rings. The van der Waals surface area contributed by atoms with Crippen molar-refractivity contribution in [3.63, 3.8) is 0 Å². The first-order valence-corrected chi connectivity index (χ1v) is 15.2. The Labute approximate surface area is 239 Å². The van der Waals surface area contributed by atoms with Crippen LogP contribution in [0.4, 0.5) is 5.69 Å². The molecule has 3 aromatic carbocycles. The van der Waals surface area contributed by atoms with E-state index in [9.17, 15) is 18.0 Å². The van der Waals surface area contributed by atoms with Gasteiger partial charge in [0.05, 0.1) is 10.6 Å². The normalized spacial score (nSPS) is 12.3. The molecule has 8 heteroatoms. The molecule has 0 fully saturated rings. The number of benzene rings is 3. The second-order valence-electron chi connectivity index (χ2n) is 10.6. The quantitative estimate of drug-likeness (QED) is 0.309. The molecule has 0 radical (unpaired) electrons. The third kappa shape index (κ3) is 7.50. The van der Waals surface area contributed by atoms with Crippen LogP contribution >= 0.6 is 0 Å². The van der Waals surface area contributed by atoms with Crippen LogP contribution in [0.2, 0.25) is 0 Å². The molecule has 0 saturated heterocycles. The number of aryl methyl sites for hydroxylation is 1. The smallest absolute Gasteiger partial charge is 0.264 e. The molecule has 1 unspecified atom stereocenters. The van der Waals surface area contributed by atoms with Crippen molar-refractivity contribution < 1.29 is 18.0 Å². The van der Waals surface area contributed by atoms with Crippen molar-refractivity contribution in [3.05, 3.63) is 95.6 Å². The molecule has 2 amide bonds. The number of sulfonamides is 1. The Hall–Kier alpha value is -3.65. The van der Waals surface area contributed by atoms with Crippen LogP contribution in [0.3, 0.4) is 0 Å². The predicted molar refractivity (Wildman–Crippen MR) is 161 cm³/mol. The molecule has 3 aromatic rings. The monoisotopic (exact) mass is 563 g/mol. The molecule has 0 spiro atoms. The zero-order valence-corrected chi connectivity index (χ0v) is 25.1. The van der Waals surface area contributed by atoms with Crippen molar-refractivity contribution >= 4 is 27.5 Å². The van der Waals surface area contributed by atoms with E-state index in [2.05, 4.69) is 19.2 Å². The van der Waals surface area contributed by atoms with Crippen LogP contribution in [0, 0.1) is 6.92 Å². The Balaban J connectivity index is 2.07. The van der Waals surface area contributed by atoms with Gasteiger partial charge in [0.15, 0.2) is 0 Å². The van der Waals surface area contributed by atoms with Gasteiger partial charge in [0, 0.05) is 12.6 Å². The first kappa shape index (κ1) is 30.9. The maximum absolute atomic E-state index is 14.1. The summed E-state index contributed by atoms with van der Waals surface area (Å²) in [7, 11) is -4.08. The zero-order valence-electron chi connectivity index (χ0n) is 24.3. The number of amides is 2. The molecule has 1 N–H and O–H groups in total. The van der Waals surface area contributed by atoms with Crippen LogP contribution < -0.4 is 9.62 Å². The van der Waals surface area contributed by atoms with Gasteiger partial charge in [-0.25, -0.2) is 8.42 Å². The van der Waals surface area contributed by atoms with Crippen molar-refractivity contribution in [2.45, 2.75) is 77.4 Å². The number of anilines is 1. The Morgan fingerprint density at radius 3 is 2.00 bits per heavy atom. The van der Waals surface area contributed by atoms with E-state index in [-0.39, 0.29) is 29.3 Å². The van der Waals surface area contributed by atoms with Crippen LogP contribution in [0.5, 0.6) is 0 Å². The third-order valence-corrected chi connectivity index (χ3v) is 8.66. The lowest BCUT2D eigenvalue weighted by Gasteiger charge is -2.34. The third-order valence-electron chi connectivity index (χ3n) is 6.88. The molecular weight excluding hydrogens is 522 g/mol. The van der Waals surface area contributed by atoms with Crippen LogP contribution in [-0.2, 0) is 26.2 Å². The highest BCUT2D eigenvalue weighted by Gasteiger charge is 2.34. The van der Waals surface area contributed by atoms with Gasteiger partial charge in [0.25, 0.3) is 10.0 Å². The van der Waals surface area contributed by atoms with Crippen molar-refractivity contribution in [2.75, 3.05) is 10.8 Å². The van der Waals surface area contributed by atoms with Gasteiger partial charge in [-0.15, -0.1) is 0 Å². The summed E-state index contributed by atoms with van der Waals surface area (Å²) < 4.78 is 29.0. The molecule has 0 bridgehead atoms.